The van der Waals surface area contributed by atoms with Gasteiger partial charge in [0.2, 0.25) is 5.91 Å². The number of aryl methyl sites for hydroxylation is 1. The highest BCUT2D eigenvalue weighted by Crippen LogP contribution is 2.17. The van der Waals surface area contributed by atoms with Crippen LogP contribution in [0.3, 0.4) is 0 Å². The number of nitrogens with one attached hydrogen (secondary N) is 1. The number of hydrogen-bond acceptors (Lipinski definition) is 5. The van der Waals surface area contributed by atoms with Crippen LogP contribution in [0.5, 0.6) is 0 Å². The van der Waals surface area contributed by atoms with E-state index in [-0.39, 0.29) is 23.6 Å². The van der Waals surface area contributed by atoms with Gasteiger partial charge in [0.15, 0.2) is 0 Å². The molecule has 0 unspecified atom stereocenters. The van der Waals surface area contributed by atoms with Gasteiger partial charge in [-0.3, -0.25) is 14.5 Å². The molecule has 1 aromatic heterocycles. The molecular weight excluding hydrogens is 296 g/mol. The molecule has 23 heavy (non-hydrogen) atoms. The van der Waals surface area contributed by atoms with Gasteiger partial charge in [0.05, 0.1) is 17.8 Å². The summed E-state index contributed by atoms with van der Waals surface area (Å²) >= 11 is 0. The number of carbonyl (C=O) groups excluding carboxylic acids is 1. The van der Waals surface area contributed by atoms with Gasteiger partial charge in [-0.15, -0.1) is 0 Å². The molecule has 0 saturated carbocycles. The third kappa shape index (κ3) is 3.61. The zero-order valence-electron chi connectivity index (χ0n) is 13.7. The molecule has 3 heterocycles. The fourth-order valence-electron chi connectivity index (χ4n) is 3.18. The Balaban J connectivity index is 1.59. The van der Waals surface area contributed by atoms with Crippen LogP contribution in [0.4, 0.5) is 0 Å². The highest BCUT2D eigenvalue weighted by atomic mass is 16.5. The summed E-state index contributed by atoms with van der Waals surface area (Å²) in [5.74, 6) is 0.0146. The summed E-state index contributed by atoms with van der Waals surface area (Å²) in [4.78, 5) is 26.2. The highest BCUT2D eigenvalue weighted by molar-refractivity contribution is 5.81. The summed E-state index contributed by atoms with van der Waals surface area (Å²) in [6, 6.07) is 1.40. The van der Waals surface area contributed by atoms with E-state index < -0.39 is 0 Å². The van der Waals surface area contributed by atoms with E-state index in [0.717, 1.165) is 43.7 Å². The molecule has 0 aromatic carbocycles. The lowest BCUT2D eigenvalue weighted by atomic mass is 10.0. The number of hydrogen-bond donors (Lipinski definition) is 1. The van der Waals surface area contributed by atoms with Crippen molar-refractivity contribution in [3.8, 4) is 0 Å². The Morgan fingerprint density at radius 2 is 2.39 bits per heavy atom. The molecule has 7 nitrogen and oxygen atoms in total. The molecule has 1 amide bonds. The predicted molar refractivity (Wildman–Crippen MR) is 85.0 cm³/mol. The topological polar surface area (TPSA) is 76.5 Å². The maximum atomic E-state index is 12.3. The van der Waals surface area contributed by atoms with Crippen molar-refractivity contribution in [2.75, 3.05) is 19.7 Å². The van der Waals surface area contributed by atoms with Gasteiger partial charge in [-0.05, 0) is 25.3 Å². The number of ether oxygens (including phenoxy) is 1. The first kappa shape index (κ1) is 16.1. The first-order valence-electron chi connectivity index (χ1n) is 8.24. The van der Waals surface area contributed by atoms with Crippen LogP contribution in [0.1, 0.15) is 31.0 Å². The maximum absolute atomic E-state index is 12.3. The van der Waals surface area contributed by atoms with Crippen LogP contribution in [0, 0.1) is 0 Å². The number of carbonyl (C=O) groups is 1. The van der Waals surface area contributed by atoms with Crippen LogP contribution in [-0.4, -0.2) is 52.4 Å². The molecule has 2 aliphatic rings. The Bertz CT molecular complexity index is 637. The minimum Gasteiger partial charge on any atom is -0.376 e. The quantitative estimate of drug-likeness (QED) is 0.833. The van der Waals surface area contributed by atoms with Crippen LogP contribution >= 0.6 is 0 Å². The van der Waals surface area contributed by atoms with Crippen LogP contribution in [0.2, 0.25) is 0 Å². The lowest BCUT2D eigenvalue weighted by Gasteiger charge is -2.32. The van der Waals surface area contributed by atoms with Crippen molar-refractivity contribution in [2.24, 2.45) is 7.05 Å². The fraction of sp³-hybridized carbons (Fsp3) is 0.688. The second kappa shape index (κ2) is 6.80. The van der Waals surface area contributed by atoms with E-state index in [1.54, 1.807) is 13.1 Å². The molecule has 2 atom stereocenters. The number of nitrogens with zero attached hydrogens (tertiary/aromatic N) is 3. The summed E-state index contributed by atoms with van der Waals surface area (Å²) in [6.45, 7) is 4.64. The standard InChI is InChI=1S/C16H24N4O3/c1-11(16(22)17-9-13-4-3-7-23-13)20-6-5-14-12(10-20)8-15(21)19(2)18-14/h8,11,13H,3-7,9-10H2,1-2H3,(H,17,22)/t11-,13+/m1/s1. The second-order valence-electron chi connectivity index (χ2n) is 6.35. The van der Waals surface area contributed by atoms with E-state index in [9.17, 15) is 9.59 Å². The van der Waals surface area contributed by atoms with Gasteiger partial charge in [0.25, 0.3) is 5.56 Å². The van der Waals surface area contributed by atoms with Gasteiger partial charge in [-0.2, -0.15) is 5.10 Å². The minimum atomic E-state index is -0.228. The summed E-state index contributed by atoms with van der Waals surface area (Å²) in [5.41, 5.74) is 1.77. The van der Waals surface area contributed by atoms with Crippen molar-refractivity contribution in [3.05, 3.63) is 27.7 Å². The Morgan fingerprint density at radius 1 is 1.57 bits per heavy atom. The van der Waals surface area contributed by atoms with Crippen molar-refractivity contribution in [2.45, 2.75) is 44.9 Å². The third-order valence-corrected chi connectivity index (χ3v) is 4.72. The molecule has 126 valence electrons. The molecule has 3 rings (SSSR count). The summed E-state index contributed by atoms with van der Waals surface area (Å²) in [7, 11) is 1.66. The summed E-state index contributed by atoms with van der Waals surface area (Å²) in [6.07, 6.45) is 2.99. The molecule has 0 radical (unpaired) electrons. The fourth-order valence-corrected chi connectivity index (χ4v) is 3.18. The zero-order valence-corrected chi connectivity index (χ0v) is 13.7. The average molecular weight is 320 g/mol. The normalized spacial score (nSPS) is 22.6. The molecule has 1 fully saturated rings. The molecule has 7 heteroatoms. The monoisotopic (exact) mass is 320 g/mol. The summed E-state index contributed by atoms with van der Waals surface area (Å²) < 4.78 is 6.89. The van der Waals surface area contributed by atoms with Gasteiger partial charge in [0.1, 0.15) is 0 Å². The molecule has 2 aliphatic heterocycles. The molecule has 0 aliphatic carbocycles. The summed E-state index contributed by atoms with van der Waals surface area (Å²) in [5, 5.41) is 7.28. The van der Waals surface area contributed by atoms with Crippen LogP contribution < -0.4 is 10.9 Å². The maximum Gasteiger partial charge on any atom is 0.266 e. The van der Waals surface area contributed by atoms with Crippen molar-refractivity contribution in [3.63, 3.8) is 0 Å². The molecule has 1 aromatic rings. The van der Waals surface area contributed by atoms with Crippen LogP contribution in [0.15, 0.2) is 10.9 Å². The predicted octanol–water partition coefficient (Wildman–Crippen LogP) is -0.178. The van der Waals surface area contributed by atoms with Crippen molar-refractivity contribution < 1.29 is 9.53 Å². The van der Waals surface area contributed by atoms with Gasteiger partial charge >= 0.3 is 0 Å². The van der Waals surface area contributed by atoms with Crippen molar-refractivity contribution >= 4 is 5.91 Å². The Kier molecular flexibility index (Phi) is 4.77. The van der Waals surface area contributed by atoms with E-state index in [2.05, 4.69) is 15.3 Å². The van der Waals surface area contributed by atoms with Gasteiger partial charge in [0, 0.05) is 45.8 Å². The Hall–Kier alpha value is -1.73. The third-order valence-electron chi connectivity index (χ3n) is 4.72. The van der Waals surface area contributed by atoms with Crippen molar-refractivity contribution in [1.29, 1.82) is 0 Å². The van der Waals surface area contributed by atoms with E-state index in [4.69, 9.17) is 4.74 Å². The molecule has 1 N–H and O–H groups in total. The molecule has 1 saturated heterocycles. The number of aromatic nitrogens is 2. The van der Waals surface area contributed by atoms with Crippen molar-refractivity contribution in [1.82, 2.24) is 20.0 Å². The Labute approximate surface area is 135 Å². The van der Waals surface area contributed by atoms with Gasteiger partial charge < -0.3 is 10.1 Å². The SMILES string of the molecule is C[C@H](C(=O)NC[C@@H]1CCCO1)N1CCc2nn(C)c(=O)cc2C1. The number of rotatable bonds is 4. The molecule has 0 bridgehead atoms. The van der Waals surface area contributed by atoms with Crippen LogP contribution in [-0.2, 0) is 29.5 Å². The molecule has 0 spiro atoms. The average Bonchev–Trinajstić information content (AvgIpc) is 3.06. The van der Waals surface area contributed by atoms with Gasteiger partial charge in [-0.1, -0.05) is 0 Å². The van der Waals surface area contributed by atoms with Gasteiger partial charge in [-0.25, -0.2) is 4.68 Å². The first-order chi connectivity index (χ1) is 11.0. The zero-order chi connectivity index (χ0) is 16.4. The minimum absolute atomic E-state index is 0.0146. The van der Waals surface area contributed by atoms with E-state index >= 15 is 0 Å². The van der Waals surface area contributed by atoms with E-state index in [0.29, 0.717) is 13.1 Å². The smallest absolute Gasteiger partial charge is 0.266 e. The lowest BCUT2D eigenvalue weighted by Crippen LogP contribution is -2.48. The largest absolute Gasteiger partial charge is 0.376 e. The van der Waals surface area contributed by atoms with E-state index in [1.807, 2.05) is 6.92 Å². The van der Waals surface area contributed by atoms with Crippen LogP contribution in [0.25, 0.3) is 0 Å². The number of fused-ring (bicyclic) bond motifs is 1. The molecular formula is C16H24N4O3. The number of amides is 1. The van der Waals surface area contributed by atoms with E-state index in [1.165, 1.54) is 4.68 Å². The highest BCUT2D eigenvalue weighted by Gasteiger charge is 2.27. The lowest BCUT2D eigenvalue weighted by molar-refractivity contribution is -0.126. The first-order valence-corrected chi connectivity index (χ1v) is 8.24. The Morgan fingerprint density at radius 3 is 3.13 bits per heavy atom. The second-order valence-corrected chi connectivity index (χ2v) is 6.35.